The van der Waals surface area contributed by atoms with Crippen molar-refractivity contribution >= 4 is 0 Å². The van der Waals surface area contributed by atoms with Crippen LogP contribution < -0.4 is 5.32 Å². The number of pyridine rings is 1. The highest BCUT2D eigenvalue weighted by atomic mass is 15.3. The zero-order valence-corrected chi connectivity index (χ0v) is 14.4. The molecule has 1 fully saturated rings. The Labute approximate surface area is 138 Å². The Morgan fingerprint density at radius 2 is 1.91 bits per heavy atom. The number of nitrogens with zero attached hydrogens (tertiary/aromatic N) is 4. The van der Waals surface area contributed by atoms with E-state index in [0.29, 0.717) is 5.54 Å². The fraction of sp³-hybridized carbons (Fsp3) is 0.556. The van der Waals surface area contributed by atoms with Crippen molar-refractivity contribution in [3.63, 3.8) is 0 Å². The maximum Gasteiger partial charge on any atom is 0.0969 e. The van der Waals surface area contributed by atoms with Gasteiger partial charge in [0.15, 0.2) is 0 Å². The maximum atomic E-state index is 4.62. The Bertz CT molecular complexity index is 626. The molecule has 2 heterocycles. The molecule has 124 valence electrons. The molecular formula is C18H27N5. The van der Waals surface area contributed by atoms with Crippen molar-refractivity contribution in [3.05, 3.63) is 36.3 Å². The van der Waals surface area contributed by atoms with E-state index in [0.717, 1.165) is 24.3 Å². The average Bonchev–Trinajstić information content (AvgIpc) is 3.16. The summed E-state index contributed by atoms with van der Waals surface area (Å²) in [6, 6.07) is 4.04. The van der Waals surface area contributed by atoms with Crippen molar-refractivity contribution in [1.29, 1.82) is 0 Å². The summed E-state index contributed by atoms with van der Waals surface area (Å²) in [4.78, 5) is 6.50. The lowest BCUT2D eigenvalue weighted by atomic mass is 9.96. The van der Waals surface area contributed by atoms with Crippen LogP contribution in [0.3, 0.4) is 0 Å². The molecule has 5 heteroatoms. The molecule has 0 atom stereocenters. The summed E-state index contributed by atoms with van der Waals surface area (Å²) in [5.41, 5.74) is 3.73. The Hall–Kier alpha value is -1.72. The highest BCUT2D eigenvalue weighted by molar-refractivity contribution is 5.61. The summed E-state index contributed by atoms with van der Waals surface area (Å²) in [5, 5.41) is 8.30. The normalized spacial score (nSPS) is 17.0. The van der Waals surface area contributed by atoms with Gasteiger partial charge in [-0.1, -0.05) is 12.8 Å². The number of aromatic nitrogens is 3. The monoisotopic (exact) mass is 313 g/mol. The highest BCUT2D eigenvalue weighted by Gasteiger charge is 2.35. The van der Waals surface area contributed by atoms with Crippen LogP contribution in [0.2, 0.25) is 0 Å². The molecular weight excluding hydrogens is 286 g/mol. The van der Waals surface area contributed by atoms with Crippen molar-refractivity contribution in [2.75, 3.05) is 20.6 Å². The second kappa shape index (κ2) is 6.81. The number of likely N-dealkylation sites (N-methyl/N-ethyl adjacent to an activating group) is 1. The van der Waals surface area contributed by atoms with Crippen LogP contribution in [0.5, 0.6) is 0 Å². The third-order valence-electron chi connectivity index (χ3n) is 5.11. The van der Waals surface area contributed by atoms with Gasteiger partial charge in [-0.25, -0.2) is 0 Å². The Kier molecular flexibility index (Phi) is 4.78. The molecule has 0 saturated heterocycles. The Morgan fingerprint density at radius 1 is 1.22 bits per heavy atom. The molecule has 0 unspecified atom stereocenters. The van der Waals surface area contributed by atoms with E-state index in [1.807, 2.05) is 36.3 Å². The molecule has 2 aromatic rings. The van der Waals surface area contributed by atoms with Crippen LogP contribution >= 0.6 is 0 Å². The largest absolute Gasteiger partial charge is 0.311 e. The van der Waals surface area contributed by atoms with Crippen LogP contribution in [0, 0.1) is 0 Å². The average molecular weight is 313 g/mol. The Morgan fingerprint density at radius 3 is 2.57 bits per heavy atom. The van der Waals surface area contributed by atoms with Gasteiger partial charge >= 0.3 is 0 Å². The number of rotatable bonds is 6. The van der Waals surface area contributed by atoms with Gasteiger partial charge in [-0.15, -0.1) is 0 Å². The zero-order chi connectivity index (χ0) is 16.3. The fourth-order valence-corrected chi connectivity index (χ4v) is 3.66. The van der Waals surface area contributed by atoms with Gasteiger partial charge in [0.1, 0.15) is 0 Å². The van der Waals surface area contributed by atoms with Crippen molar-refractivity contribution in [1.82, 2.24) is 25.0 Å². The summed E-state index contributed by atoms with van der Waals surface area (Å²) >= 11 is 0. The standard InChI is InChI=1S/C18H27N5/c1-22(2)18(8-4-5-9-18)14-20-12-16-13-23(3)21-17(16)15-6-10-19-11-7-15/h6-7,10-11,13,20H,4-5,8-9,12,14H2,1-3H3. The minimum atomic E-state index is 0.318. The van der Waals surface area contributed by atoms with Gasteiger partial charge in [0.25, 0.3) is 0 Å². The molecule has 2 aromatic heterocycles. The van der Waals surface area contributed by atoms with E-state index in [-0.39, 0.29) is 0 Å². The summed E-state index contributed by atoms with van der Waals surface area (Å²) < 4.78 is 1.89. The molecule has 1 N–H and O–H groups in total. The van der Waals surface area contributed by atoms with E-state index in [1.165, 1.54) is 31.2 Å². The van der Waals surface area contributed by atoms with Crippen LogP contribution in [0.1, 0.15) is 31.2 Å². The number of hydrogen-bond donors (Lipinski definition) is 1. The maximum absolute atomic E-state index is 4.62. The van der Waals surface area contributed by atoms with Crippen molar-refractivity contribution < 1.29 is 0 Å². The van der Waals surface area contributed by atoms with Crippen molar-refractivity contribution in [3.8, 4) is 11.3 Å². The molecule has 0 bridgehead atoms. The van der Waals surface area contributed by atoms with Crippen LogP contribution in [0.4, 0.5) is 0 Å². The summed E-state index contributed by atoms with van der Waals surface area (Å²) in [6.07, 6.45) is 11.0. The zero-order valence-electron chi connectivity index (χ0n) is 14.4. The molecule has 1 aliphatic rings. The molecule has 0 amide bonds. The van der Waals surface area contributed by atoms with Gasteiger partial charge in [0, 0.05) is 55.4 Å². The van der Waals surface area contributed by atoms with Gasteiger partial charge in [0.2, 0.25) is 0 Å². The van der Waals surface area contributed by atoms with E-state index >= 15 is 0 Å². The van der Waals surface area contributed by atoms with Gasteiger partial charge in [-0.2, -0.15) is 5.10 Å². The second-order valence-corrected chi connectivity index (χ2v) is 6.84. The van der Waals surface area contributed by atoms with Crippen LogP contribution in [-0.2, 0) is 13.6 Å². The fourth-order valence-electron chi connectivity index (χ4n) is 3.66. The van der Waals surface area contributed by atoms with Gasteiger partial charge in [-0.3, -0.25) is 9.67 Å². The summed E-state index contributed by atoms with van der Waals surface area (Å²) in [6.45, 7) is 1.88. The molecule has 5 nitrogen and oxygen atoms in total. The lowest BCUT2D eigenvalue weighted by Gasteiger charge is -2.36. The van der Waals surface area contributed by atoms with Gasteiger partial charge in [-0.05, 0) is 39.1 Å². The van der Waals surface area contributed by atoms with Crippen LogP contribution in [0.15, 0.2) is 30.7 Å². The molecule has 1 aliphatic carbocycles. The SMILES string of the molecule is CN(C)C1(CNCc2cn(C)nc2-c2ccncc2)CCCC1. The first-order valence-electron chi connectivity index (χ1n) is 8.42. The predicted molar refractivity (Wildman–Crippen MR) is 93.0 cm³/mol. The van der Waals surface area contributed by atoms with E-state index in [2.05, 4.69) is 40.6 Å². The smallest absolute Gasteiger partial charge is 0.0969 e. The lowest BCUT2D eigenvalue weighted by molar-refractivity contribution is 0.153. The summed E-state index contributed by atoms with van der Waals surface area (Å²) in [7, 11) is 6.39. The predicted octanol–water partition coefficient (Wildman–Crippen LogP) is 2.45. The van der Waals surface area contributed by atoms with Crippen LogP contribution in [-0.4, -0.2) is 45.8 Å². The van der Waals surface area contributed by atoms with Gasteiger partial charge in [0.05, 0.1) is 5.69 Å². The van der Waals surface area contributed by atoms with Crippen molar-refractivity contribution in [2.24, 2.45) is 7.05 Å². The molecule has 1 saturated carbocycles. The molecule has 0 spiro atoms. The van der Waals surface area contributed by atoms with Gasteiger partial charge < -0.3 is 10.2 Å². The quantitative estimate of drug-likeness (QED) is 0.890. The highest BCUT2D eigenvalue weighted by Crippen LogP contribution is 2.33. The molecule has 23 heavy (non-hydrogen) atoms. The Balaban J connectivity index is 1.69. The van der Waals surface area contributed by atoms with E-state index in [9.17, 15) is 0 Å². The van der Waals surface area contributed by atoms with Crippen LogP contribution in [0.25, 0.3) is 11.3 Å². The topological polar surface area (TPSA) is 46.0 Å². The number of aryl methyl sites for hydroxylation is 1. The molecule has 0 radical (unpaired) electrons. The lowest BCUT2D eigenvalue weighted by Crippen LogP contribution is -2.49. The second-order valence-electron chi connectivity index (χ2n) is 6.84. The number of nitrogens with one attached hydrogen (secondary N) is 1. The molecule has 3 rings (SSSR count). The van der Waals surface area contributed by atoms with E-state index in [4.69, 9.17) is 0 Å². The third-order valence-corrected chi connectivity index (χ3v) is 5.11. The summed E-state index contributed by atoms with van der Waals surface area (Å²) in [5.74, 6) is 0. The van der Waals surface area contributed by atoms with E-state index < -0.39 is 0 Å². The minimum Gasteiger partial charge on any atom is -0.311 e. The molecule has 0 aliphatic heterocycles. The first-order chi connectivity index (χ1) is 11.1. The van der Waals surface area contributed by atoms with Crippen molar-refractivity contribution in [2.45, 2.75) is 37.8 Å². The first-order valence-corrected chi connectivity index (χ1v) is 8.42. The number of hydrogen-bond acceptors (Lipinski definition) is 4. The molecule has 0 aromatic carbocycles. The van der Waals surface area contributed by atoms with E-state index in [1.54, 1.807) is 0 Å². The first kappa shape index (κ1) is 16.1. The minimum absolute atomic E-state index is 0.318. The third kappa shape index (κ3) is 3.46.